The minimum atomic E-state index is -0.841. The summed E-state index contributed by atoms with van der Waals surface area (Å²) in [5, 5.41) is 10.7. The van der Waals surface area contributed by atoms with Gasteiger partial charge in [0, 0.05) is 6.54 Å². The van der Waals surface area contributed by atoms with Gasteiger partial charge < -0.3 is 11.8 Å². The number of rotatable bonds is 4. The maximum Gasteiger partial charge on any atom is 1.00 e. The first-order valence-corrected chi connectivity index (χ1v) is 2.30. The third kappa shape index (κ3) is 11.6. The van der Waals surface area contributed by atoms with Gasteiger partial charge in [0.25, 0.3) is 0 Å². The SMILES string of the molecule is C=CCNCC(=O)O.[H-].[Na+]. The maximum absolute atomic E-state index is 9.78. The second-order valence-corrected chi connectivity index (χ2v) is 1.31. The van der Waals surface area contributed by atoms with Crippen LogP contribution in [0.2, 0.25) is 0 Å². The first kappa shape index (κ1) is 11.9. The topological polar surface area (TPSA) is 49.3 Å². The zero-order chi connectivity index (χ0) is 6.41. The molecule has 0 saturated carbocycles. The molecule has 0 aliphatic heterocycles. The fraction of sp³-hybridized carbons (Fsp3) is 0.400. The zero-order valence-electron chi connectivity index (χ0n) is 6.55. The average molecular weight is 139 g/mol. The molecule has 0 saturated heterocycles. The van der Waals surface area contributed by atoms with Gasteiger partial charge in [-0.05, 0) is 0 Å². The molecule has 9 heavy (non-hydrogen) atoms. The van der Waals surface area contributed by atoms with Crippen LogP contribution >= 0.6 is 0 Å². The van der Waals surface area contributed by atoms with E-state index in [1.807, 2.05) is 0 Å². The molecule has 0 amide bonds. The monoisotopic (exact) mass is 139 g/mol. The largest absolute Gasteiger partial charge is 1.00 e. The van der Waals surface area contributed by atoms with Gasteiger partial charge in [-0.15, -0.1) is 6.58 Å². The molecule has 3 nitrogen and oxygen atoms in total. The molecule has 0 aliphatic rings. The molecule has 0 bridgehead atoms. The zero-order valence-corrected chi connectivity index (χ0v) is 7.55. The van der Waals surface area contributed by atoms with E-state index in [0.717, 1.165) is 0 Å². The van der Waals surface area contributed by atoms with Crippen LogP contribution < -0.4 is 34.9 Å². The molecule has 4 heteroatoms. The van der Waals surface area contributed by atoms with Crippen LogP contribution in [0.1, 0.15) is 1.43 Å². The Bertz CT molecular complexity index is 99.6. The average Bonchev–Trinajstić information content (AvgIpc) is 1.66. The van der Waals surface area contributed by atoms with Gasteiger partial charge in [-0.25, -0.2) is 0 Å². The fourth-order valence-corrected chi connectivity index (χ4v) is 0.281. The van der Waals surface area contributed by atoms with Crippen molar-refractivity contribution in [2.45, 2.75) is 0 Å². The summed E-state index contributed by atoms with van der Waals surface area (Å²) in [6, 6.07) is 0. The van der Waals surface area contributed by atoms with Crippen LogP contribution in [0.4, 0.5) is 0 Å². The summed E-state index contributed by atoms with van der Waals surface area (Å²) in [5.74, 6) is -0.841. The number of hydrogen-bond donors (Lipinski definition) is 2. The van der Waals surface area contributed by atoms with Crippen molar-refractivity contribution in [2.24, 2.45) is 0 Å². The number of hydrogen-bond acceptors (Lipinski definition) is 2. The van der Waals surface area contributed by atoms with Crippen molar-refractivity contribution >= 4 is 5.97 Å². The van der Waals surface area contributed by atoms with Gasteiger partial charge in [0.2, 0.25) is 0 Å². The molecule has 0 aromatic rings. The van der Waals surface area contributed by atoms with E-state index in [1.54, 1.807) is 6.08 Å². The first-order chi connectivity index (χ1) is 3.77. The summed E-state index contributed by atoms with van der Waals surface area (Å²) in [4.78, 5) is 9.78. The third-order valence-corrected chi connectivity index (χ3v) is 0.565. The van der Waals surface area contributed by atoms with Gasteiger partial charge >= 0.3 is 35.5 Å². The minimum absolute atomic E-state index is 0. The third-order valence-electron chi connectivity index (χ3n) is 0.565. The Balaban J connectivity index is -0.000000245. The minimum Gasteiger partial charge on any atom is -1.00 e. The van der Waals surface area contributed by atoms with Crippen LogP contribution in [0.5, 0.6) is 0 Å². The van der Waals surface area contributed by atoms with Gasteiger partial charge in [-0.2, -0.15) is 0 Å². The van der Waals surface area contributed by atoms with E-state index < -0.39 is 5.97 Å². The summed E-state index contributed by atoms with van der Waals surface area (Å²) in [5.41, 5.74) is 0. The molecule has 0 aromatic heterocycles. The predicted octanol–water partition coefficient (Wildman–Crippen LogP) is -3.04. The summed E-state index contributed by atoms with van der Waals surface area (Å²) < 4.78 is 0. The van der Waals surface area contributed by atoms with Gasteiger partial charge in [-0.3, -0.25) is 4.79 Å². The Labute approximate surface area is 77.9 Å². The molecule has 0 aromatic carbocycles. The second kappa shape index (κ2) is 8.17. The summed E-state index contributed by atoms with van der Waals surface area (Å²) >= 11 is 0. The number of carboxylic acids is 1. The molecule has 0 spiro atoms. The Morgan fingerprint density at radius 2 is 2.44 bits per heavy atom. The van der Waals surface area contributed by atoms with Crippen molar-refractivity contribution < 1.29 is 40.9 Å². The van der Waals surface area contributed by atoms with E-state index >= 15 is 0 Å². The normalized spacial score (nSPS) is 7.56. The Morgan fingerprint density at radius 3 is 2.78 bits per heavy atom. The van der Waals surface area contributed by atoms with E-state index in [-0.39, 0.29) is 37.5 Å². The molecule has 0 fully saturated rings. The molecule has 2 N–H and O–H groups in total. The summed E-state index contributed by atoms with van der Waals surface area (Å²) in [6.45, 7) is 3.96. The number of carbonyl (C=O) groups is 1. The molecule has 0 aliphatic carbocycles. The maximum atomic E-state index is 9.78. The van der Waals surface area contributed by atoms with E-state index in [2.05, 4.69) is 11.9 Å². The molecule has 0 unspecified atom stereocenters. The molecule has 48 valence electrons. The molecule has 0 atom stereocenters. The first-order valence-electron chi connectivity index (χ1n) is 2.30. The van der Waals surface area contributed by atoms with Crippen LogP contribution in [-0.4, -0.2) is 24.2 Å². The number of nitrogens with one attached hydrogen (secondary N) is 1. The molecule has 0 radical (unpaired) electrons. The quantitative estimate of drug-likeness (QED) is 0.247. The van der Waals surface area contributed by atoms with Gasteiger partial charge in [0.15, 0.2) is 0 Å². The van der Waals surface area contributed by atoms with Gasteiger partial charge in [0.05, 0.1) is 6.54 Å². The van der Waals surface area contributed by atoms with Crippen LogP contribution in [0.15, 0.2) is 12.7 Å². The van der Waals surface area contributed by atoms with Crippen molar-refractivity contribution in [1.29, 1.82) is 0 Å². The summed E-state index contributed by atoms with van der Waals surface area (Å²) in [7, 11) is 0. The molecular formula is C5H10NNaO2. The number of carboxylic acid groups (broad SMARTS) is 1. The van der Waals surface area contributed by atoms with Crippen molar-refractivity contribution in [3.05, 3.63) is 12.7 Å². The predicted molar refractivity (Wildman–Crippen MR) is 31.8 cm³/mol. The smallest absolute Gasteiger partial charge is 1.00 e. The van der Waals surface area contributed by atoms with Crippen LogP contribution in [0.25, 0.3) is 0 Å². The second-order valence-electron chi connectivity index (χ2n) is 1.31. The Morgan fingerprint density at radius 1 is 1.89 bits per heavy atom. The van der Waals surface area contributed by atoms with E-state index in [1.165, 1.54) is 0 Å². The molecular weight excluding hydrogens is 129 g/mol. The van der Waals surface area contributed by atoms with E-state index in [0.29, 0.717) is 6.54 Å². The van der Waals surface area contributed by atoms with Crippen molar-refractivity contribution in [1.82, 2.24) is 5.32 Å². The van der Waals surface area contributed by atoms with Gasteiger partial charge in [0.1, 0.15) is 0 Å². The standard InChI is InChI=1S/C5H9NO2.Na.H/c1-2-3-6-4-5(7)8;;/h2,6H,1,3-4H2,(H,7,8);;/q;+1;-1. The van der Waals surface area contributed by atoms with Crippen LogP contribution in [-0.2, 0) is 4.79 Å². The van der Waals surface area contributed by atoms with Crippen molar-refractivity contribution in [2.75, 3.05) is 13.1 Å². The summed E-state index contributed by atoms with van der Waals surface area (Å²) in [6.07, 6.45) is 1.61. The van der Waals surface area contributed by atoms with Crippen LogP contribution in [0, 0.1) is 0 Å². The molecule has 0 rings (SSSR count). The van der Waals surface area contributed by atoms with E-state index in [9.17, 15) is 4.79 Å². The van der Waals surface area contributed by atoms with E-state index in [4.69, 9.17) is 5.11 Å². The fourth-order valence-electron chi connectivity index (χ4n) is 0.281. The Kier molecular flexibility index (Phi) is 10.8. The van der Waals surface area contributed by atoms with Gasteiger partial charge in [-0.1, -0.05) is 6.08 Å². The Hall–Kier alpha value is 0.170. The number of aliphatic carboxylic acids is 1. The molecule has 0 heterocycles. The van der Waals surface area contributed by atoms with Crippen molar-refractivity contribution in [3.63, 3.8) is 0 Å². The van der Waals surface area contributed by atoms with Crippen molar-refractivity contribution in [3.8, 4) is 0 Å². The van der Waals surface area contributed by atoms with Crippen LogP contribution in [0.3, 0.4) is 0 Å².